The van der Waals surface area contributed by atoms with Gasteiger partial charge in [0.25, 0.3) is 11.8 Å². The zero-order valence-corrected chi connectivity index (χ0v) is 17.0. The summed E-state index contributed by atoms with van der Waals surface area (Å²) in [7, 11) is 0. The fraction of sp³-hybridized carbons (Fsp3) is 0.364. The quantitative estimate of drug-likeness (QED) is 0.653. The highest BCUT2D eigenvalue weighted by molar-refractivity contribution is 6.30. The van der Waals surface area contributed by atoms with E-state index in [1.54, 1.807) is 24.3 Å². The summed E-state index contributed by atoms with van der Waals surface area (Å²) < 4.78 is 5.76. The van der Waals surface area contributed by atoms with Crippen LogP contribution in [0.2, 0.25) is 5.02 Å². The fourth-order valence-corrected chi connectivity index (χ4v) is 3.87. The van der Waals surface area contributed by atoms with E-state index in [0.717, 1.165) is 38.5 Å². The first-order valence-corrected chi connectivity index (χ1v) is 10.3. The van der Waals surface area contributed by atoms with Crippen molar-refractivity contribution in [2.75, 3.05) is 52.4 Å². The molecular formula is C22H24ClN3O3. The Morgan fingerprint density at radius 2 is 1.31 bits per heavy atom. The van der Waals surface area contributed by atoms with Crippen molar-refractivity contribution < 1.29 is 14.3 Å². The van der Waals surface area contributed by atoms with E-state index in [0.29, 0.717) is 35.8 Å². The second kappa shape index (κ2) is 8.95. The lowest BCUT2D eigenvalue weighted by Gasteiger charge is -2.35. The average molecular weight is 414 g/mol. The first-order chi connectivity index (χ1) is 14.1. The normalized spacial score (nSPS) is 17.6. The number of ether oxygens (including phenoxy) is 1. The molecule has 0 aromatic heterocycles. The number of nitrogens with zero attached hydrogens (tertiary/aromatic N) is 3. The summed E-state index contributed by atoms with van der Waals surface area (Å²) in [5.74, 6) is 0.473. The second-order valence-corrected chi connectivity index (χ2v) is 7.73. The van der Waals surface area contributed by atoms with E-state index in [9.17, 15) is 9.59 Å². The lowest BCUT2D eigenvalue weighted by molar-refractivity contribution is 0.0610. The Labute approximate surface area is 175 Å². The molecule has 0 N–H and O–H groups in total. The number of hydrogen-bond acceptors (Lipinski definition) is 5. The van der Waals surface area contributed by atoms with E-state index in [-0.39, 0.29) is 11.8 Å². The molecule has 0 bridgehead atoms. The molecule has 1 fully saturated rings. The molecule has 2 amide bonds. The maximum absolute atomic E-state index is 12.4. The molecule has 0 aliphatic carbocycles. The van der Waals surface area contributed by atoms with Crippen molar-refractivity contribution >= 4 is 23.4 Å². The minimum atomic E-state index is -0.177. The van der Waals surface area contributed by atoms with Crippen molar-refractivity contribution in [3.05, 3.63) is 64.7 Å². The van der Waals surface area contributed by atoms with Crippen molar-refractivity contribution in [1.82, 2.24) is 14.7 Å². The Bertz CT molecular complexity index is 844. The highest BCUT2D eigenvalue weighted by atomic mass is 35.5. The van der Waals surface area contributed by atoms with Crippen LogP contribution in [0.1, 0.15) is 20.7 Å². The zero-order chi connectivity index (χ0) is 20.2. The predicted molar refractivity (Wildman–Crippen MR) is 112 cm³/mol. The van der Waals surface area contributed by atoms with Gasteiger partial charge in [0.15, 0.2) is 0 Å². The van der Waals surface area contributed by atoms with Gasteiger partial charge in [-0.1, -0.05) is 23.7 Å². The number of piperazine rings is 1. The molecule has 0 unspecified atom stereocenters. The van der Waals surface area contributed by atoms with Crippen LogP contribution in [-0.2, 0) is 0 Å². The zero-order valence-electron chi connectivity index (χ0n) is 16.2. The molecule has 0 saturated carbocycles. The van der Waals surface area contributed by atoms with Gasteiger partial charge in [-0.15, -0.1) is 0 Å². The van der Waals surface area contributed by atoms with Crippen molar-refractivity contribution in [3.8, 4) is 5.75 Å². The van der Waals surface area contributed by atoms with E-state index in [2.05, 4.69) is 9.80 Å². The third-order valence-corrected chi connectivity index (χ3v) is 5.72. The summed E-state index contributed by atoms with van der Waals surface area (Å²) in [5.41, 5.74) is 1.03. The minimum absolute atomic E-state index is 0.177. The molecule has 152 valence electrons. The van der Waals surface area contributed by atoms with Crippen LogP contribution in [0.15, 0.2) is 48.5 Å². The van der Waals surface area contributed by atoms with E-state index in [4.69, 9.17) is 16.3 Å². The number of fused-ring (bicyclic) bond motifs is 1. The number of amides is 2. The first-order valence-electron chi connectivity index (χ1n) is 9.90. The lowest BCUT2D eigenvalue weighted by Crippen LogP contribution is -2.49. The van der Waals surface area contributed by atoms with E-state index < -0.39 is 0 Å². The first kappa shape index (κ1) is 19.9. The molecule has 2 aromatic carbocycles. The molecule has 29 heavy (non-hydrogen) atoms. The van der Waals surface area contributed by atoms with Crippen LogP contribution >= 0.6 is 11.6 Å². The van der Waals surface area contributed by atoms with Crippen LogP contribution in [-0.4, -0.2) is 78.9 Å². The number of imide groups is 1. The van der Waals surface area contributed by atoms with Gasteiger partial charge in [-0.3, -0.25) is 24.3 Å². The Balaban J connectivity index is 1.17. The van der Waals surface area contributed by atoms with Gasteiger partial charge in [0.1, 0.15) is 12.4 Å². The third kappa shape index (κ3) is 4.61. The Hall–Kier alpha value is -2.41. The summed E-state index contributed by atoms with van der Waals surface area (Å²) >= 11 is 5.88. The van der Waals surface area contributed by atoms with Crippen molar-refractivity contribution in [2.24, 2.45) is 0 Å². The van der Waals surface area contributed by atoms with Crippen molar-refractivity contribution in [1.29, 1.82) is 0 Å². The summed E-state index contributed by atoms with van der Waals surface area (Å²) in [6.45, 7) is 6.39. The molecule has 2 aliphatic heterocycles. The Kier molecular flexibility index (Phi) is 6.13. The predicted octanol–water partition coefficient (Wildman–Crippen LogP) is 2.63. The molecule has 6 nitrogen and oxygen atoms in total. The molecular weight excluding hydrogens is 390 g/mol. The van der Waals surface area contributed by atoms with Gasteiger partial charge in [-0.05, 0) is 36.4 Å². The van der Waals surface area contributed by atoms with Gasteiger partial charge in [0, 0.05) is 50.8 Å². The fourth-order valence-electron chi connectivity index (χ4n) is 3.74. The molecule has 2 heterocycles. The van der Waals surface area contributed by atoms with Gasteiger partial charge in [0.2, 0.25) is 0 Å². The van der Waals surface area contributed by atoms with E-state index in [1.165, 1.54) is 4.90 Å². The number of carbonyl (C=O) groups excluding carboxylic acids is 2. The van der Waals surface area contributed by atoms with Gasteiger partial charge in [-0.2, -0.15) is 0 Å². The molecule has 4 rings (SSSR count). The topological polar surface area (TPSA) is 53.1 Å². The van der Waals surface area contributed by atoms with E-state index in [1.807, 2.05) is 24.3 Å². The van der Waals surface area contributed by atoms with Gasteiger partial charge in [-0.25, -0.2) is 0 Å². The molecule has 1 saturated heterocycles. The summed E-state index contributed by atoms with van der Waals surface area (Å²) in [6, 6.07) is 14.4. The van der Waals surface area contributed by atoms with Crippen molar-refractivity contribution in [2.45, 2.75) is 0 Å². The van der Waals surface area contributed by atoms with Crippen LogP contribution in [0.4, 0.5) is 0 Å². The van der Waals surface area contributed by atoms with Crippen LogP contribution in [0.5, 0.6) is 5.75 Å². The number of carbonyl (C=O) groups is 2. The molecule has 0 spiro atoms. The lowest BCUT2D eigenvalue weighted by atomic mass is 10.1. The van der Waals surface area contributed by atoms with Crippen LogP contribution in [0.3, 0.4) is 0 Å². The average Bonchev–Trinajstić information content (AvgIpc) is 2.99. The molecule has 0 radical (unpaired) electrons. The number of hydrogen-bond donors (Lipinski definition) is 0. The number of halogens is 1. The number of benzene rings is 2. The maximum Gasteiger partial charge on any atom is 0.261 e. The largest absolute Gasteiger partial charge is 0.492 e. The standard InChI is InChI=1S/C22H24ClN3O3/c23-17-5-7-18(8-6-17)29-16-15-25-11-9-24(10-12-25)13-14-26-21(27)19-3-1-2-4-20(19)22(26)28/h1-8H,9-16H2. The monoisotopic (exact) mass is 413 g/mol. The van der Waals surface area contributed by atoms with Gasteiger partial charge < -0.3 is 4.74 Å². The number of rotatable bonds is 7. The minimum Gasteiger partial charge on any atom is -0.492 e. The summed E-state index contributed by atoms with van der Waals surface area (Å²) in [5, 5.41) is 0.703. The van der Waals surface area contributed by atoms with Crippen LogP contribution < -0.4 is 4.74 Å². The second-order valence-electron chi connectivity index (χ2n) is 7.29. The maximum atomic E-state index is 12.4. The molecule has 2 aliphatic rings. The highest BCUT2D eigenvalue weighted by Crippen LogP contribution is 2.22. The van der Waals surface area contributed by atoms with Crippen molar-refractivity contribution in [3.63, 3.8) is 0 Å². The Morgan fingerprint density at radius 3 is 1.90 bits per heavy atom. The third-order valence-electron chi connectivity index (χ3n) is 5.47. The molecule has 2 aromatic rings. The van der Waals surface area contributed by atoms with Crippen LogP contribution in [0, 0.1) is 0 Å². The molecule has 0 atom stereocenters. The smallest absolute Gasteiger partial charge is 0.261 e. The summed E-state index contributed by atoms with van der Waals surface area (Å²) in [4.78, 5) is 30.9. The van der Waals surface area contributed by atoms with Crippen LogP contribution in [0.25, 0.3) is 0 Å². The highest BCUT2D eigenvalue weighted by Gasteiger charge is 2.35. The summed E-state index contributed by atoms with van der Waals surface area (Å²) in [6.07, 6.45) is 0. The molecule has 7 heteroatoms. The van der Waals surface area contributed by atoms with Gasteiger partial charge in [0.05, 0.1) is 11.1 Å². The SMILES string of the molecule is O=C1c2ccccc2C(=O)N1CCN1CCN(CCOc2ccc(Cl)cc2)CC1. The Morgan fingerprint density at radius 1 is 0.759 bits per heavy atom. The van der Waals surface area contributed by atoms with Gasteiger partial charge >= 0.3 is 0 Å². The van der Waals surface area contributed by atoms with E-state index >= 15 is 0 Å².